The number of carbonyl (C=O) groups is 1. The summed E-state index contributed by atoms with van der Waals surface area (Å²) in [6.07, 6.45) is 0. The van der Waals surface area contributed by atoms with Crippen LogP contribution in [0.25, 0.3) is 0 Å². The molecule has 0 fully saturated rings. The molecule has 7 heteroatoms. The van der Waals surface area contributed by atoms with Gasteiger partial charge in [-0.3, -0.25) is 14.9 Å². The van der Waals surface area contributed by atoms with Crippen LogP contribution < -0.4 is 0 Å². The van der Waals surface area contributed by atoms with Gasteiger partial charge in [0.25, 0.3) is 5.24 Å². The average Bonchev–Trinajstić information content (AvgIpc) is 2.79. The van der Waals surface area contributed by atoms with E-state index in [-0.39, 0.29) is 29.5 Å². The molecule has 2 aromatic rings. The van der Waals surface area contributed by atoms with Crippen LogP contribution in [0.5, 0.6) is 0 Å². The smallest absolute Gasteiger partial charge is 0.274 e. The molecule has 2 rings (SSSR count). The zero-order chi connectivity index (χ0) is 15.6. The minimum atomic E-state index is -0.878. The maximum Gasteiger partial charge on any atom is 0.322 e. The van der Waals surface area contributed by atoms with Crippen LogP contribution in [0.1, 0.15) is 41.5 Å². The monoisotopic (exact) mass is 307 g/mol. The van der Waals surface area contributed by atoms with Crippen LogP contribution in [-0.2, 0) is 6.54 Å². The quantitative estimate of drug-likeness (QED) is 0.482. The molecule has 0 aliphatic rings. The zero-order valence-corrected chi connectivity index (χ0v) is 12.4. The van der Waals surface area contributed by atoms with Gasteiger partial charge in [0.15, 0.2) is 5.69 Å². The Morgan fingerprint density at radius 2 is 2.00 bits per heavy atom. The number of rotatable bonds is 5. The number of hydrogen-bond acceptors (Lipinski definition) is 4. The van der Waals surface area contributed by atoms with Crippen molar-refractivity contribution in [3.05, 3.63) is 57.4 Å². The van der Waals surface area contributed by atoms with Crippen LogP contribution in [0.15, 0.2) is 30.3 Å². The Labute approximate surface area is 126 Å². The summed E-state index contributed by atoms with van der Waals surface area (Å²) < 4.78 is 1.30. The van der Waals surface area contributed by atoms with Crippen molar-refractivity contribution in [1.82, 2.24) is 9.78 Å². The fraction of sp³-hybridized carbons (Fsp3) is 0.286. The van der Waals surface area contributed by atoms with Crippen LogP contribution in [0.2, 0.25) is 0 Å². The van der Waals surface area contributed by atoms with E-state index in [2.05, 4.69) is 5.10 Å². The van der Waals surface area contributed by atoms with Crippen molar-refractivity contribution in [2.75, 3.05) is 0 Å². The van der Waals surface area contributed by atoms with Gasteiger partial charge in [-0.2, -0.15) is 5.10 Å². The van der Waals surface area contributed by atoms with Gasteiger partial charge in [-0.1, -0.05) is 44.2 Å². The number of halogens is 1. The molecule has 0 aliphatic heterocycles. The second-order valence-electron chi connectivity index (χ2n) is 4.91. The second-order valence-corrected chi connectivity index (χ2v) is 5.25. The van der Waals surface area contributed by atoms with Gasteiger partial charge in [0.1, 0.15) is 5.69 Å². The molecule has 0 amide bonds. The fourth-order valence-electron chi connectivity index (χ4n) is 2.11. The third-order valence-electron chi connectivity index (χ3n) is 3.04. The summed E-state index contributed by atoms with van der Waals surface area (Å²) in [4.78, 5) is 22.3. The third kappa shape index (κ3) is 3.11. The summed E-state index contributed by atoms with van der Waals surface area (Å²) >= 11 is 5.54. The first-order chi connectivity index (χ1) is 9.91. The Hall–Kier alpha value is -2.21. The molecule has 6 nitrogen and oxygen atoms in total. The van der Waals surface area contributed by atoms with Crippen LogP contribution in [0.4, 0.5) is 5.69 Å². The van der Waals surface area contributed by atoms with Gasteiger partial charge in [0.2, 0.25) is 0 Å². The summed E-state index contributed by atoms with van der Waals surface area (Å²) in [5.41, 5.74) is 0.666. The van der Waals surface area contributed by atoms with Crippen LogP contribution in [-0.4, -0.2) is 19.9 Å². The number of benzene rings is 1. The van der Waals surface area contributed by atoms with Crippen LogP contribution >= 0.6 is 11.6 Å². The first-order valence-electron chi connectivity index (χ1n) is 6.40. The molecule has 1 heterocycles. The first-order valence-corrected chi connectivity index (χ1v) is 6.78. The lowest BCUT2D eigenvalue weighted by molar-refractivity contribution is -0.386. The van der Waals surface area contributed by atoms with Crippen molar-refractivity contribution in [1.29, 1.82) is 0 Å². The minimum Gasteiger partial charge on any atom is -0.274 e. The van der Waals surface area contributed by atoms with Gasteiger partial charge >= 0.3 is 5.69 Å². The number of nitro groups is 1. The number of aromatic nitrogens is 2. The van der Waals surface area contributed by atoms with E-state index < -0.39 is 10.2 Å². The Kier molecular flexibility index (Phi) is 4.37. The van der Waals surface area contributed by atoms with Gasteiger partial charge in [-0.15, -0.1) is 0 Å². The number of hydrogen-bond donors (Lipinski definition) is 0. The predicted octanol–water partition coefficient (Wildman–Crippen LogP) is 3.34. The molecule has 1 aromatic heterocycles. The van der Waals surface area contributed by atoms with Crippen LogP contribution in [0, 0.1) is 10.1 Å². The highest BCUT2D eigenvalue weighted by Gasteiger charge is 2.32. The van der Waals surface area contributed by atoms with E-state index in [1.165, 1.54) is 4.68 Å². The SMILES string of the molecule is CC(C)c1nn(Cc2ccccc2)c(C(=O)Cl)c1[N+](=O)[O-]. The van der Waals surface area contributed by atoms with Gasteiger partial charge in [-0.25, -0.2) is 4.68 Å². The van der Waals surface area contributed by atoms with E-state index in [9.17, 15) is 14.9 Å². The summed E-state index contributed by atoms with van der Waals surface area (Å²) in [7, 11) is 0. The normalized spacial score (nSPS) is 10.9. The maximum atomic E-state index is 11.6. The van der Waals surface area contributed by atoms with Crippen molar-refractivity contribution in [3.63, 3.8) is 0 Å². The summed E-state index contributed by atoms with van der Waals surface area (Å²) in [6, 6.07) is 9.26. The van der Waals surface area contributed by atoms with E-state index in [4.69, 9.17) is 11.6 Å². The van der Waals surface area contributed by atoms with Crippen molar-refractivity contribution >= 4 is 22.5 Å². The molecule has 21 heavy (non-hydrogen) atoms. The Balaban J connectivity index is 2.57. The Morgan fingerprint density at radius 3 is 2.48 bits per heavy atom. The first kappa shape index (κ1) is 15.2. The highest BCUT2D eigenvalue weighted by atomic mass is 35.5. The van der Waals surface area contributed by atoms with Gasteiger partial charge in [-0.05, 0) is 17.2 Å². The molecular formula is C14H14ClN3O3. The van der Waals surface area contributed by atoms with E-state index in [1.54, 1.807) is 13.8 Å². The lowest BCUT2D eigenvalue weighted by Gasteiger charge is -2.03. The molecule has 0 radical (unpaired) electrons. The summed E-state index contributed by atoms with van der Waals surface area (Å²) in [5, 5.41) is 14.6. The highest BCUT2D eigenvalue weighted by Crippen LogP contribution is 2.30. The largest absolute Gasteiger partial charge is 0.322 e. The molecule has 0 bridgehead atoms. The molecule has 1 aromatic carbocycles. The molecule has 0 N–H and O–H groups in total. The lowest BCUT2D eigenvalue weighted by Crippen LogP contribution is -2.09. The van der Waals surface area contributed by atoms with Gasteiger partial charge in [0.05, 0.1) is 11.5 Å². The summed E-state index contributed by atoms with van der Waals surface area (Å²) in [5.74, 6) is -0.183. The third-order valence-corrected chi connectivity index (χ3v) is 3.22. The van der Waals surface area contributed by atoms with Crippen molar-refractivity contribution in [2.24, 2.45) is 0 Å². The van der Waals surface area contributed by atoms with Crippen molar-refractivity contribution < 1.29 is 9.72 Å². The molecule has 0 spiro atoms. The van der Waals surface area contributed by atoms with Crippen LogP contribution in [0.3, 0.4) is 0 Å². The fourth-order valence-corrected chi connectivity index (χ4v) is 2.29. The Morgan fingerprint density at radius 1 is 1.38 bits per heavy atom. The van der Waals surface area contributed by atoms with Gasteiger partial charge in [0, 0.05) is 5.92 Å². The minimum absolute atomic E-state index is 0.172. The van der Waals surface area contributed by atoms with Crippen molar-refractivity contribution in [3.8, 4) is 0 Å². The number of carbonyl (C=O) groups excluding carboxylic acids is 1. The van der Waals surface area contributed by atoms with Crippen molar-refractivity contribution in [2.45, 2.75) is 26.3 Å². The molecule has 0 unspecified atom stereocenters. The molecular weight excluding hydrogens is 294 g/mol. The molecule has 0 aliphatic carbocycles. The van der Waals surface area contributed by atoms with E-state index in [0.29, 0.717) is 0 Å². The standard InChI is InChI=1S/C14H14ClN3O3/c1-9(2)11-12(18(20)21)13(14(15)19)17(16-11)8-10-6-4-3-5-7-10/h3-7,9H,8H2,1-2H3. The molecule has 0 atom stereocenters. The molecule has 0 saturated heterocycles. The van der Waals surface area contributed by atoms with E-state index >= 15 is 0 Å². The van der Waals surface area contributed by atoms with Gasteiger partial charge < -0.3 is 0 Å². The molecule has 110 valence electrons. The lowest BCUT2D eigenvalue weighted by atomic mass is 10.1. The summed E-state index contributed by atoms with van der Waals surface area (Å²) in [6.45, 7) is 3.82. The predicted molar refractivity (Wildman–Crippen MR) is 78.7 cm³/mol. The van der Waals surface area contributed by atoms with E-state index in [1.807, 2.05) is 30.3 Å². The second kappa shape index (κ2) is 6.05. The topological polar surface area (TPSA) is 78.0 Å². The zero-order valence-electron chi connectivity index (χ0n) is 11.6. The Bertz CT molecular complexity index is 680. The highest BCUT2D eigenvalue weighted by molar-refractivity contribution is 6.68. The molecule has 0 saturated carbocycles. The van der Waals surface area contributed by atoms with E-state index in [0.717, 1.165) is 5.56 Å². The maximum absolute atomic E-state index is 11.6. The number of nitrogens with zero attached hydrogens (tertiary/aromatic N) is 3. The average molecular weight is 308 g/mol.